The number of aryl methyl sites for hydroxylation is 3. The number of nitrogens with zero attached hydrogens (tertiary/aromatic N) is 4. The number of benzene rings is 3. The highest BCUT2D eigenvalue weighted by molar-refractivity contribution is 6.06. The molecule has 2 aromatic heterocycles. The van der Waals surface area contributed by atoms with Gasteiger partial charge in [0.1, 0.15) is 5.82 Å². The van der Waals surface area contributed by atoms with Crippen LogP contribution < -0.4 is 15.8 Å². The van der Waals surface area contributed by atoms with E-state index in [1.54, 1.807) is 6.07 Å². The van der Waals surface area contributed by atoms with Crippen LogP contribution in [0.15, 0.2) is 71.5 Å². The van der Waals surface area contributed by atoms with Crippen LogP contribution in [0, 0.1) is 19.7 Å². The van der Waals surface area contributed by atoms with E-state index in [0.29, 0.717) is 11.3 Å². The van der Waals surface area contributed by atoms with E-state index in [4.69, 9.17) is 4.98 Å². The Balaban J connectivity index is 1.23. The zero-order chi connectivity index (χ0) is 27.8. The fourth-order valence-corrected chi connectivity index (χ4v) is 5.58. The molecule has 1 fully saturated rings. The highest BCUT2D eigenvalue weighted by Gasteiger charge is 2.18. The summed E-state index contributed by atoms with van der Waals surface area (Å²) in [5.74, 6) is 0.308. The molecular formula is C32H33FN6O. The summed E-state index contributed by atoms with van der Waals surface area (Å²) in [4.78, 5) is 26.1. The van der Waals surface area contributed by atoms with E-state index in [9.17, 15) is 9.18 Å². The number of piperazine rings is 1. The van der Waals surface area contributed by atoms with Crippen LogP contribution in [0.5, 0.6) is 0 Å². The van der Waals surface area contributed by atoms with Gasteiger partial charge < -0.3 is 19.8 Å². The zero-order valence-corrected chi connectivity index (χ0v) is 23.0. The van der Waals surface area contributed by atoms with Crippen molar-refractivity contribution in [2.45, 2.75) is 13.8 Å². The molecule has 0 atom stereocenters. The second kappa shape index (κ2) is 10.6. The van der Waals surface area contributed by atoms with Crippen molar-refractivity contribution >= 4 is 45.2 Å². The van der Waals surface area contributed by atoms with Gasteiger partial charge in [0, 0.05) is 56.8 Å². The van der Waals surface area contributed by atoms with E-state index in [1.807, 2.05) is 49.7 Å². The number of nitrogens with one attached hydrogen (secondary N) is 2. The number of fused-ring (bicyclic) bond motifs is 3. The predicted molar refractivity (Wildman–Crippen MR) is 162 cm³/mol. The zero-order valence-electron chi connectivity index (χ0n) is 23.0. The fourth-order valence-electron chi connectivity index (χ4n) is 5.58. The van der Waals surface area contributed by atoms with E-state index in [2.05, 4.69) is 50.4 Å². The van der Waals surface area contributed by atoms with Gasteiger partial charge in [0.15, 0.2) is 0 Å². The molecule has 6 rings (SSSR count). The Morgan fingerprint density at radius 2 is 1.80 bits per heavy atom. The molecule has 3 heterocycles. The first-order chi connectivity index (χ1) is 19.4. The normalized spacial score (nSPS) is 14.6. The molecule has 1 saturated heterocycles. The van der Waals surface area contributed by atoms with Gasteiger partial charge in [0.05, 0.1) is 16.4 Å². The third kappa shape index (κ3) is 4.86. The summed E-state index contributed by atoms with van der Waals surface area (Å²) < 4.78 is 15.5. The maximum atomic E-state index is 13.6. The molecule has 2 N–H and O–H groups in total. The molecule has 1 aliphatic rings. The van der Waals surface area contributed by atoms with Crippen molar-refractivity contribution in [3.63, 3.8) is 0 Å². The minimum absolute atomic E-state index is 0.144. The minimum atomic E-state index is -0.281. The highest BCUT2D eigenvalue weighted by atomic mass is 19.1. The van der Waals surface area contributed by atoms with Crippen LogP contribution in [0.2, 0.25) is 0 Å². The molecule has 0 unspecified atom stereocenters. The third-order valence-electron chi connectivity index (χ3n) is 7.90. The first-order valence-corrected chi connectivity index (χ1v) is 13.6. The number of pyridine rings is 1. The SMILES string of the molecule is Cc1cc(F)ccc1Nc1nc2ccc3c(C)c(/C=C/CN4CCN(c5ccccc5)CC4)[nH]c(=O)c3c2n1C. The van der Waals surface area contributed by atoms with Gasteiger partial charge in [0.2, 0.25) is 5.95 Å². The van der Waals surface area contributed by atoms with Crippen LogP contribution in [0.1, 0.15) is 16.8 Å². The summed E-state index contributed by atoms with van der Waals surface area (Å²) in [6, 6.07) is 19.1. The Bertz CT molecular complexity index is 1780. The van der Waals surface area contributed by atoms with Crippen LogP contribution in [-0.2, 0) is 7.05 Å². The minimum Gasteiger partial charge on any atom is -0.369 e. The number of aromatic nitrogens is 3. The summed E-state index contributed by atoms with van der Waals surface area (Å²) in [5, 5.41) is 4.81. The Morgan fingerprint density at radius 1 is 1.02 bits per heavy atom. The second-order valence-electron chi connectivity index (χ2n) is 10.5. The molecule has 204 valence electrons. The maximum Gasteiger partial charge on any atom is 0.258 e. The molecule has 8 heteroatoms. The van der Waals surface area contributed by atoms with E-state index < -0.39 is 0 Å². The van der Waals surface area contributed by atoms with E-state index in [-0.39, 0.29) is 11.4 Å². The number of H-pyrrole nitrogens is 1. The van der Waals surface area contributed by atoms with Crippen LogP contribution in [0.4, 0.5) is 21.7 Å². The largest absolute Gasteiger partial charge is 0.369 e. The van der Waals surface area contributed by atoms with Crippen LogP contribution in [-0.4, -0.2) is 52.2 Å². The number of halogens is 1. The fraction of sp³-hybridized carbons (Fsp3) is 0.250. The summed E-state index contributed by atoms with van der Waals surface area (Å²) >= 11 is 0. The van der Waals surface area contributed by atoms with Crippen molar-refractivity contribution in [3.05, 3.63) is 99.7 Å². The Morgan fingerprint density at radius 3 is 2.55 bits per heavy atom. The first-order valence-electron chi connectivity index (χ1n) is 13.6. The first kappa shape index (κ1) is 25.8. The van der Waals surface area contributed by atoms with Crippen molar-refractivity contribution in [2.24, 2.45) is 7.05 Å². The number of anilines is 3. The second-order valence-corrected chi connectivity index (χ2v) is 10.5. The number of imidazole rings is 1. The van der Waals surface area contributed by atoms with E-state index in [0.717, 1.165) is 71.7 Å². The molecule has 7 nitrogen and oxygen atoms in total. The highest BCUT2D eigenvalue weighted by Crippen LogP contribution is 2.30. The lowest BCUT2D eigenvalue weighted by atomic mass is 10.0. The molecule has 0 aliphatic carbocycles. The molecule has 0 radical (unpaired) electrons. The van der Waals surface area contributed by atoms with Gasteiger partial charge in [-0.2, -0.15) is 0 Å². The quantitative estimate of drug-likeness (QED) is 0.289. The van der Waals surface area contributed by atoms with Crippen molar-refractivity contribution in [2.75, 3.05) is 42.9 Å². The van der Waals surface area contributed by atoms with Crippen molar-refractivity contribution in [1.82, 2.24) is 19.4 Å². The number of hydrogen-bond donors (Lipinski definition) is 2. The smallest absolute Gasteiger partial charge is 0.258 e. The number of aromatic amines is 1. The standard InChI is InChI=1S/C32H33FN6O/c1-21-20-23(33)11-13-26(21)35-32-36-28-14-12-25-22(2)27(34-31(40)29(25)30(28)37(32)3)10-7-15-38-16-18-39(19-17-38)24-8-5-4-6-9-24/h4-14,20H,15-19H2,1-3H3,(H,34,40)(H,35,36)/b10-7+. The molecule has 0 spiro atoms. The predicted octanol–water partition coefficient (Wildman–Crippen LogP) is 5.75. The molecule has 40 heavy (non-hydrogen) atoms. The Labute approximate surface area is 232 Å². The molecule has 0 amide bonds. The van der Waals surface area contributed by atoms with Gasteiger partial charge in [-0.15, -0.1) is 0 Å². The van der Waals surface area contributed by atoms with Gasteiger partial charge >= 0.3 is 0 Å². The Kier molecular flexibility index (Phi) is 6.86. The Hall–Kier alpha value is -4.43. The number of hydrogen-bond acceptors (Lipinski definition) is 5. The van der Waals surface area contributed by atoms with E-state index in [1.165, 1.54) is 17.8 Å². The van der Waals surface area contributed by atoms with Gasteiger partial charge in [-0.1, -0.05) is 30.3 Å². The summed E-state index contributed by atoms with van der Waals surface area (Å²) in [7, 11) is 1.89. The van der Waals surface area contributed by atoms with Crippen LogP contribution in [0.3, 0.4) is 0 Å². The lowest BCUT2D eigenvalue weighted by Gasteiger charge is -2.35. The van der Waals surface area contributed by atoms with Gasteiger partial charge in [-0.05, 0) is 72.8 Å². The molecular weight excluding hydrogens is 503 g/mol. The van der Waals surface area contributed by atoms with E-state index >= 15 is 0 Å². The molecule has 1 aliphatic heterocycles. The number of rotatable bonds is 6. The summed E-state index contributed by atoms with van der Waals surface area (Å²) in [5.41, 5.74) is 6.00. The monoisotopic (exact) mass is 536 g/mol. The van der Waals surface area contributed by atoms with Crippen LogP contribution in [0.25, 0.3) is 27.9 Å². The topological polar surface area (TPSA) is 69.2 Å². The van der Waals surface area contributed by atoms with Crippen LogP contribution >= 0.6 is 0 Å². The number of para-hydroxylation sites is 1. The lowest BCUT2D eigenvalue weighted by molar-refractivity contribution is 0.284. The summed E-state index contributed by atoms with van der Waals surface area (Å²) in [6.45, 7) is 8.72. The molecule has 0 bridgehead atoms. The lowest BCUT2D eigenvalue weighted by Crippen LogP contribution is -2.46. The van der Waals surface area contributed by atoms with Gasteiger partial charge in [-0.3, -0.25) is 9.69 Å². The van der Waals surface area contributed by atoms with Gasteiger partial charge in [0.25, 0.3) is 5.56 Å². The molecule has 3 aromatic carbocycles. The van der Waals surface area contributed by atoms with Gasteiger partial charge in [-0.25, -0.2) is 9.37 Å². The average Bonchev–Trinajstić information content (AvgIpc) is 3.28. The molecule has 0 saturated carbocycles. The molecule has 5 aromatic rings. The van der Waals surface area contributed by atoms with Crippen molar-refractivity contribution < 1.29 is 4.39 Å². The van der Waals surface area contributed by atoms with Crippen molar-refractivity contribution in [3.8, 4) is 0 Å². The maximum absolute atomic E-state index is 13.6. The summed E-state index contributed by atoms with van der Waals surface area (Å²) in [6.07, 6.45) is 4.16. The van der Waals surface area contributed by atoms with Crippen molar-refractivity contribution in [1.29, 1.82) is 0 Å². The third-order valence-corrected chi connectivity index (χ3v) is 7.90. The average molecular weight is 537 g/mol.